The fourth-order valence-corrected chi connectivity index (χ4v) is 3.79. The molecule has 0 aliphatic rings. The minimum atomic E-state index is -2.49. The topological polar surface area (TPSA) is 54.0 Å². The molecule has 0 heterocycles. The smallest absolute Gasteiger partial charge is 0.500 e. The number of hydrogen-bond acceptors (Lipinski definition) is 5. The third kappa shape index (κ3) is 8.26. The molecule has 22 heavy (non-hydrogen) atoms. The van der Waals surface area contributed by atoms with Gasteiger partial charge in [-0.25, -0.2) is 4.79 Å². The average Bonchev–Trinajstić information content (AvgIpc) is 2.52. The van der Waals surface area contributed by atoms with Gasteiger partial charge in [-0.15, -0.1) is 0 Å². The first kappa shape index (κ1) is 23.8. The Morgan fingerprint density at radius 3 is 2.14 bits per heavy atom. The first-order valence-corrected chi connectivity index (χ1v) is 9.12. The second-order valence-electron chi connectivity index (χ2n) is 5.15. The van der Waals surface area contributed by atoms with Crippen molar-refractivity contribution in [3.8, 4) is 0 Å². The third-order valence-corrected chi connectivity index (χ3v) is 6.75. The molecule has 0 fully saturated rings. The summed E-state index contributed by atoms with van der Waals surface area (Å²) in [6, 6.07) is 0.775. The van der Waals surface area contributed by atoms with Crippen LogP contribution in [0.3, 0.4) is 0 Å². The molecule has 1 unspecified atom stereocenters. The maximum absolute atomic E-state index is 11.1. The largest absolute Gasteiger partial charge is 1.00 e. The Labute approximate surface area is 141 Å². The van der Waals surface area contributed by atoms with Crippen LogP contribution in [0.1, 0.15) is 13.3 Å². The van der Waals surface area contributed by atoms with Crippen molar-refractivity contribution in [3.05, 3.63) is 12.7 Å². The van der Waals surface area contributed by atoms with Crippen LogP contribution in [0, 0.1) is 0 Å². The Kier molecular flexibility index (Phi) is 13.0. The summed E-state index contributed by atoms with van der Waals surface area (Å²) in [6.45, 7) is 8.60. The van der Waals surface area contributed by atoms with Crippen molar-refractivity contribution < 1.29 is 39.7 Å². The standard InChI is InChI=1S/C14H30NO5Si.ClH/c1-7-14(16)20-12-11-15(3,8-2)10-9-13-21(17-4,18-5)19-6;/h7H,1,8-13H2,2-6H3;1H/q+1;/p-1. The van der Waals surface area contributed by atoms with Crippen LogP contribution in [-0.4, -0.2) is 73.9 Å². The van der Waals surface area contributed by atoms with Gasteiger partial charge < -0.3 is 34.9 Å². The number of halogens is 1. The summed E-state index contributed by atoms with van der Waals surface area (Å²) in [4.78, 5) is 11.1. The Hall–Kier alpha value is -0.443. The van der Waals surface area contributed by atoms with Gasteiger partial charge in [0, 0.05) is 39.9 Å². The number of esters is 1. The Bertz CT molecular complexity index is 320. The zero-order chi connectivity index (χ0) is 16.4. The Morgan fingerprint density at radius 2 is 1.73 bits per heavy atom. The van der Waals surface area contributed by atoms with Crippen molar-refractivity contribution >= 4 is 14.8 Å². The first-order chi connectivity index (χ1) is 9.90. The summed E-state index contributed by atoms with van der Waals surface area (Å²) in [5, 5.41) is 0. The molecule has 0 rings (SSSR count). The van der Waals surface area contributed by atoms with Crippen LogP contribution in [0.2, 0.25) is 6.04 Å². The van der Waals surface area contributed by atoms with E-state index in [0.717, 1.165) is 36.6 Å². The fourth-order valence-electron chi connectivity index (χ4n) is 2.09. The highest BCUT2D eigenvalue weighted by atomic mass is 35.5. The molecule has 0 aromatic heterocycles. The lowest BCUT2D eigenvalue weighted by atomic mass is 10.3. The molecular weight excluding hydrogens is 326 g/mol. The molecule has 0 N–H and O–H groups in total. The van der Waals surface area contributed by atoms with E-state index in [4.69, 9.17) is 18.0 Å². The van der Waals surface area contributed by atoms with Crippen LogP contribution < -0.4 is 12.4 Å². The summed E-state index contributed by atoms with van der Waals surface area (Å²) < 4.78 is 22.1. The molecule has 0 saturated carbocycles. The molecule has 0 aliphatic carbocycles. The summed E-state index contributed by atoms with van der Waals surface area (Å²) in [5.74, 6) is -0.373. The van der Waals surface area contributed by atoms with E-state index in [1.165, 1.54) is 6.08 Å². The van der Waals surface area contributed by atoms with E-state index in [1.807, 2.05) is 0 Å². The molecule has 8 heteroatoms. The summed E-state index contributed by atoms with van der Waals surface area (Å²) in [6.07, 6.45) is 2.12. The molecule has 6 nitrogen and oxygen atoms in total. The van der Waals surface area contributed by atoms with Crippen molar-refractivity contribution in [3.63, 3.8) is 0 Å². The van der Waals surface area contributed by atoms with E-state index >= 15 is 0 Å². The van der Waals surface area contributed by atoms with E-state index in [2.05, 4.69) is 20.6 Å². The average molecular weight is 356 g/mol. The zero-order valence-electron chi connectivity index (χ0n) is 14.4. The normalized spacial score (nSPS) is 13.9. The molecule has 0 aliphatic heterocycles. The maximum atomic E-state index is 11.1. The van der Waals surface area contributed by atoms with Crippen LogP contribution in [0.15, 0.2) is 12.7 Å². The maximum Gasteiger partial charge on any atom is 0.500 e. The van der Waals surface area contributed by atoms with E-state index < -0.39 is 8.80 Å². The minimum absolute atomic E-state index is 0. The van der Waals surface area contributed by atoms with Crippen LogP contribution >= 0.6 is 0 Å². The molecule has 0 aromatic rings. The second-order valence-corrected chi connectivity index (χ2v) is 8.24. The van der Waals surface area contributed by atoms with Gasteiger partial charge in [0.15, 0.2) is 0 Å². The lowest BCUT2D eigenvalue weighted by molar-refractivity contribution is -0.908. The molecule has 0 amide bonds. The van der Waals surface area contributed by atoms with Crippen molar-refractivity contribution in [1.29, 1.82) is 0 Å². The predicted molar refractivity (Wildman–Crippen MR) is 83.8 cm³/mol. The molecule has 132 valence electrons. The first-order valence-electron chi connectivity index (χ1n) is 7.19. The van der Waals surface area contributed by atoms with E-state index in [-0.39, 0.29) is 18.4 Å². The molecule has 0 radical (unpaired) electrons. The van der Waals surface area contributed by atoms with E-state index in [9.17, 15) is 4.79 Å². The number of carbonyl (C=O) groups is 1. The molecule has 0 bridgehead atoms. The van der Waals surface area contributed by atoms with Crippen LogP contribution in [0.5, 0.6) is 0 Å². The van der Waals surface area contributed by atoms with Crippen molar-refractivity contribution in [2.45, 2.75) is 19.4 Å². The van der Waals surface area contributed by atoms with Gasteiger partial charge in [0.1, 0.15) is 13.2 Å². The highest BCUT2D eigenvalue weighted by Crippen LogP contribution is 2.17. The van der Waals surface area contributed by atoms with Gasteiger partial charge in [0.05, 0.1) is 20.1 Å². The number of ether oxygens (including phenoxy) is 1. The van der Waals surface area contributed by atoms with Crippen LogP contribution in [-0.2, 0) is 22.8 Å². The van der Waals surface area contributed by atoms with Gasteiger partial charge in [0.2, 0.25) is 0 Å². The van der Waals surface area contributed by atoms with Gasteiger partial charge >= 0.3 is 14.8 Å². The van der Waals surface area contributed by atoms with Gasteiger partial charge in [-0.05, 0) is 6.92 Å². The summed E-state index contributed by atoms with van der Waals surface area (Å²) >= 11 is 0. The molecule has 0 spiro atoms. The number of hydrogen-bond donors (Lipinski definition) is 0. The summed E-state index contributed by atoms with van der Waals surface area (Å²) in [5.41, 5.74) is 0. The van der Waals surface area contributed by atoms with Gasteiger partial charge in [-0.2, -0.15) is 0 Å². The number of rotatable bonds is 12. The monoisotopic (exact) mass is 355 g/mol. The van der Waals surface area contributed by atoms with Crippen molar-refractivity contribution in [2.24, 2.45) is 0 Å². The lowest BCUT2D eigenvalue weighted by Crippen LogP contribution is -3.00. The van der Waals surface area contributed by atoms with Crippen LogP contribution in [0.4, 0.5) is 0 Å². The van der Waals surface area contributed by atoms with Crippen molar-refractivity contribution in [1.82, 2.24) is 0 Å². The van der Waals surface area contributed by atoms with Crippen molar-refractivity contribution in [2.75, 3.05) is 54.6 Å². The number of likely N-dealkylation sites (N-methyl/N-ethyl adjacent to an activating group) is 1. The zero-order valence-corrected chi connectivity index (χ0v) is 16.1. The highest BCUT2D eigenvalue weighted by Gasteiger charge is 2.38. The highest BCUT2D eigenvalue weighted by molar-refractivity contribution is 6.60. The van der Waals surface area contributed by atoms with E-state index in [1.54, 1.807) is 21.3 Å². The second kappa shape index (κ2) is 12.0. The molecule has 0 saturated heterocycles. The minimum Gasteiger partial charge on any atom is -1.00 e. The van der Waals surface area contributed by atoms with Crippen LogP contribution in [0.25, 0.3) is 0 Å². The third-order valence-electron chi connectivity index (χ3n) is 3.92. The number of quaternary nitrogens is 1. The number of nitrogens with zero attached hydrogens (tertiary/aromatic N) is 1. The van der Waals surface area contributed by atoms with E-state index in [0.29, 0.717) is 6.61 Å². The Balaban J connectivity index is 0. The molecule has 0 aromatic carbocycles. The molecule has 1 atom stereocenters. The summed E-state index contributed by atoms with van der Waals surface area (Å²) in [7, 11) is 4.54. The predicted octanol–water partition coefficient (Wildman–Crippen LogP) is -1.55. The van der Waals surface area contributed by atoms with Gasteiger partial charge in [-0.1, -0.05) is 6.58 Å². The lowest BCUT2D eigenvalue weighted by Gasteiger charge is -2.34. The van der Waals surface area contributed by atoms with Gasteiger partial charge in [-0.3, -0.25) is 0 Å². The van der Waals surface area contributed by atoms with Gasteiger partial charge in [0.25, 0.3) is 0 Å². The number of carbonyl (C=O) groups excluding carboxylic acids is 1. The molecular formula is C14H30ClNO5Si. The SMILES string of the molecule is C=CC(=O)OCC[N+](C)(CC)CCC[Si](OC)(OC)OC.[Cl-]. The fraction of sp³-hybridized carbons (Fsp3) is 0.786. The Morgan fingerprint density at radius 1 is 1.18 bits per heavy atom. The quantitative estimate of drug-likeness (QED) is 0.184.